The Kier molecular flexibility index (Phi) is 5.23. The highest BCUT2D eigenvalue weighted by Crippen LogP contribution is 2.36. The van der Waals surface area contributed by atoms with E-state index in [4.69, 9.17) is 16.2 Å². The van der Waals surface area contributed by atoms with Crippen molar-refractivity contribution in [2.24, 2.45) is 5.41 Å². The van der Waals surface area contributed by atoms with E-state index in [1.165, 1.54) is 0 Å². The van der Waals surface area contributed by atoms with Crippen molar-refractivity contribution >= 4 is 17.6 Å². The average molecular weight is 343 g/mol. The van der Waals surface area contributed by atoms with Crippen LogP contribution in [0.25, 0.3) is 0 Å². The molecule has 0 saturated carbocycles. The van der Waals surface area contributed by atoms with Crippen LogP contribution in [0.15, 0.2) is 36.4 Å². The first-order chi connectivity index (χ1) is 12.1. The van der Waals surface area contributed by atoms with Crippen LogP contribution in [0.1, 0.15) is 19.3 Å². The molecule has 0 spiro atoms. The molecule has 1 fully saturated rings. The topological polar surface area (TPSA) is 111 Å². The summed E-state index contributed by atoms with van der Waals surface area (Å²) in [4.78, 5) is 10.3. The van der Waals surface area contributed by atoms with Crippen LogP contribution in [-0.4, -0.2) is 41.4 Å². The van der Waals surface area contributed by atoms with Crippen LogP contribution in [0.4, 0.5) is 17.6 Å². The van der Waals surface area contributed by atoms with Crippen molar-refractivity contribution in [1.29, 1.82) is 0 Å². The van der Waals surface area contributed by atoms with Gasteiger partial charge in [-0.3, -0.25) is 0 Å². The normalized spacial score (nSPS) is 16.6. The molecule has 1 aromatic heterocycles. The van der Waals surface area contributed by atoms with Crippen molar-refractivity contribution in [1.82, 2.24) is 9.97 Å². The van der Waals surface area contributed by atoms with Gasteiger partial charge in [0, 0.05) is 31.2 Å². The van der Waals surface area contributed by atoms with Crippen molar-refractivity contribution in [3.8, 4) is 5.75 Å². The fourth-order valence-electron chi connectivity index (χ4n) is 3.23. The van der Waals surface area contributed by atoms with E-state index in [9.17, 15) is 5.11 Å². The number of rotatable bonds is 6. The number of anilines is 3. The predicted molar refractivity (Wildman–Crippen MR) is 98.4 cm³/mol. The number of hydrogen-bond donors (Lipinski definition) is 3. The zero-order valence-electron chi connectivity index (χ0n) is 14.3. The molecule has 134 valence electrons. The Labute approximate surface area is 147 Å². The van der Waals surface area contributed by atoms with E-state index < -0.39 is 0 Å². The molecule has 1 aromatic carbocycles. The summed E-state index contributed by atoms with van der Waals surface area (Å²) < 4.78 is 5.80. The number of aliphatic hydroxyl groups is 1. The van der Waals surface area contributed by atoms with Gasteiger partial charge in [0.05, 0.1) is 6.61 Å². The van der Waals surface area contributed by atoms with Gasteiger partial charge in [-0.05, 0) is 31.4 Å². The van der Waals surface area contributed by atoms with E-state index >= 15 is 0 Å². The number of nitrogens with zero attached hydrogens (tertiary/aromatic N) is 3. The van der Waals surface area contributed by atoms with Crippen molar-refractivity contribution in [2.75, 3.05) is 42.7 Å². The molecule has 1 aliphatic heterocycles. The van der Waals surface area contributed by atoms with Gasteiger partial charge in [-0.1, -0.05) is 18.2 Å². The fourth-order valence-corrected chi connectivity index (χ4v) is 3.23. The molecule has 0 unspecified atom stereocenters. The minimum Gasteiger partial charge on any atom is -0.494 e. The third-order valence-electron chi connectivity index (χ3n) is 4.88. The summed E-state index contributed by atoms with van der Waals surface area (Å²) in [6.45, 7) is 2.34. The summed E-state index contributed by atoms with van der Waals surface area (Å²) in [5.41, 5.74) is 11.3. The van der Waals surface area contributed by atoms with E-state index in [0.29, 0.717) is 12.4 Å². The van der Waals surface area contributed by atoms with Crippen LogP contribution in [0.2, 0.25) is 0 Å². The summed E-state index contributed by atoms with van der Waals surface area (Å²) in [6, 6.07) is 11.5. The van der Waals surface area contributed by atoms with Gasteiger partial charge in [-0.15, -0.1) is 0 Å². The standard InChI is InChI=1S/C18H25N5O2/c19-15-12-16(22-17(20)21-15)23-9-6-18(13-24,7-10-23)8-11-25-14-4-2-1-3-5-14/h1-5,12,24H,6-11,13H2,(H4,19,20,21,22). The van der Waals surface area contributed by atoms with E-state index in [1.807, 2.05) is 30.3 Å². The SMILES string of the molecule is Nc1cc(N2CCC(CO)(CCOc3ccccc3)CC2)nc(N)n1. The largest absolute Gasteiger partial charge is 0.494 e. The van der Waals surface area contributed by atoms with Gasteiger partial charge in [0.25, 0.3) is 0 Å². The number of benzene rings is 1. The van der Waals surface area contributed by atoms with Gasteiger partial charge in [0.2, 0.25) is 5.95 Å². The third kappa shape index (κ3) is 4.30. The van der Waals surface area contributed by atoms with Crippen molar-refractivity contribution in [3.05, 3.63) is 36.4 Å². The molecule has 2 aromatic rings. The molecular weight excluding hydrogens is 318 g/mol. The van der Waals surface area contributed by atoms with Crippen molar-refractivity contribution in [2.45, 2.75) is 19.3 Å². The number of ether oxygens (including phenoxy) is 1. The maximum absolute atomic E-state index is 9.94. The Hall–Kier alpha value is -2.54. The van der Waals surface area contributed by atoms with E-state index in [-0.39, 0.29) is 18.0 Å². The third-order valence-corrected chi connectivity index (χ3v) is 4.88. The van der Waals surface area contributed by atoms with Crippen LogP contribution >= 0.6 is 0 Å². The molecule has 25 heavy (non-hydrogen) atoms. The molecule has 3 rings (SSSR count). The second-order valence-electron chi connectivity index (χ2n) is 6.57. The van der Waals surface area contributed by atoms with Gasteiger partial charge < -0.3 is 26.2 Å². The number of aromatic nitrogens is 2. The molecule has 0 amide bonds. The first kappa shape index (κ1) is 17.3. The van der Waals surface area contributed by atoms with Crippen LogP contribution in [0.3, 0.4) is 0 Å². The number of para-hydroxylation sites is 1. The molecule has 0 aliphatic carbocycles. The summed E-state index contributed by atoms with van der Waals surface area (Å²) in [6.07, 6.45) is 2.55. The Morgan fingerprint density at radius 1 is 1.12 bits per heavy atom. The molecule has 0 radical (unpaired) electrons. The minimum absolute atomic E-state index is 0.116. The van der Waals surface area contributed by atoms with Gasteiger partial charge in [0.15, 0.2) is 0 Å². The molecule has 1 saturated heterocycles. The number of nitrogens with two attached hydrogens (primary N) is 2. The molecule has 7 nitrogen and oxygen atoms in total. The lowest BCUT2D eigenvalue weighted by Crippen LogP contribution is -2.43. The zero-order chi connectivity index (χ0) is 17.7. The van der Waals surface area contributed by atoms with Gasteiger partial charge in [-0.25, -0.2) is 0 Å². The first-order valence-electron chi connectivity index (χ1n) is 8.54. The Balaban J connectivity index is 1.56. The number of piperidine rings is 1. The van der Waals surface area contributed by atoms with Crippen LogP contribution < -0.4 is 21.1 Å². The zero-order valence-corrected chi connectivity index (χ0v) is 14.3. The second kappa shape index (κ2) is 7.57. The highest BCUT2D eigenvalue weighted by atomic mass is 16.5. The summed E-state index contributed by atoms with van der Waals surface area (Å²) in [5.74, 6) is 2.17. The molecular formula is C18H25N5O2. The quantitative estimate of drug-likeness (QED) is 0.732. The van der Waals surface area contributed by atoms with E-state index in [2.05, 4.69) is 14.9 Å². The second-order valence-corrected chi connectivity index (χ2v) is 6.57. The van der Waals surface area contributed by atoms with Gasteiger partial charge in [0.1, 0.15) is 17.4 Å². The van der Waals surface area contributed by atoms with E-state index in [0.717, 1.165) is 43.9 Å². The number of aliphatic hydroxyl groups excluding tert-OH is 1. The van der Waals surface area contributed by atoms with Crippen molar-refractivity contribution < 1.29 is 9.84 Å². The van der Waals surface area contributed by atoms with Crippen LogP contribution in [0.5, 0.6) is 5.75 Å². The highest BCUT2D eigenvalue weighted by molar-refractivity contribution is 5.50. The Morgan fingerprint density at radius 2 is 1.84 bits per heavy atom. The minimum atomic E-state index is -0.116. The lowest BCUT2D eigenvalue weighted by atomic mass is 9.76. The summed E-state index contributed by atoms with van der Waals surface area (Å²) in [7, 11) is 0. The number of hydrogen-bond acceptors (Lipinski definition) is 7. The van der Waals surface area contributed by atoms with Gasteiger partial charge >= 0.3 is 0 Å². The lowest BCUT2D eigenvalue weighted by Gasteiger charge is -2.41. The molecule has 1 aliphatic rings. The molecule has 0 bridgehead atoms. The summed E-state index contributed by atoms with van der Waals surface area (Å²) >= 11 is 0. The Bertz CT molecular complexity index is 667. The van der Waals surface area contributed by atoms with Gasteiger partial charge in [-0.2, -0.15) is 9.97 Å². The average Bonchev–Trinajstić information content (AvgIpc) is 2.62. The van der Waals surface area contributed by atoms with E-state index in [1.54, 1.807) is 6.07 Å². The monoisotopic (exact) mass is 343 g/mol. The van der Waals surface area contributed by atoms with Crippen LogP contribution in [0, 0.1) is 5.41 Å². The fraction of sp³-hybridized carbons (Fsp3) is 0.444. The first-order valence-corrected chi connectivity index (χ1v) is 8.54. The Morgan fingerprint density at radius 3 is 2.48 bits per heavy atom. The highest BCUT2D eigenvalue weighted by Gasteiger charge is 2.34. The van der Waals surface area contributed by atoms with Crippen LogP contribution in [-0.2, 0) is 0 Å². The molecule has 5 N–H and O–H groups in total. The maximum atomic E-state index is 9.94. The summed E-state index contributed by atoms with van der Waals surface area (Å²) in [5, 5.41) is 9.94. The molecule has 2 heterocycles. The predicted octanol–water partition coefficient (Wildman–Crippen LogP) is 1.69. The van der Waals surface area contributed by atoms with Crippen molar-refractivity contribution in [3.63, 3.8) is 0 Å². The smallest absolute Gasteiger partial charge is 0.223 e. The maximum Gasteiger partial charge on any atom is 0.223 e. The molecule has 7 heteroatoms. The number of nitrogen functional groups attached to an aromatic ring is 2. The molecule has 0 atom stereocenters. The lowest BCUT2D eigenvalue weighted by molar-refractivity contribution is 0.0707.